The molecule has 3 aromatic rings. The van der Waals surface area contributed by atoms with Gasteiger partial charge in [-0.25, -0.2) is 12.8 Å². The Morgan fingerprint density at radius 3 is 2.70 bits per heavy atom. The Morgan fingerprint density at radius 2 is 2.09 bits per heavy atom. The highest BCUT2D eigenvalue weighted by molar-refractivity contribution is 7.90. The van der Waals surface area contributed by atoms with Gasteiger partial charge in [0.15, 0.2) is 27.2 Å². The Hall–Kier alpha value is -3.45. The molecular formula is C20H19FN6O4S2. The molecular weight excluding hydrogens is 471 g/mol. The first-order chi connectivity index (χ1) is 15.6. The van der Waals surface area contributed by atoms with Crippen molar-refractivity contribution in [2.75, 3.05) is 23.0 Å². The quantitative estimate of drug-likeness (QED) is 0.553. The Kier molecular flexibility index (Phi) is 6.08. The third-order valence-corrected chi connectivity index (χ3v) is 6.34. The van der Waals surface area contributed by atoms with Gasteiger partial charge in [-0.3, -0.25) is 4.79 Å². The van der Waals surface area contributed by atoms with Gasteiger partial charge >= 0.3 is 0 Å². The van der Waals surface area contributed by atoms with Gasteiger partial charge in [0.2, 0.25) is 0 Å². The lowest BCUT2D eigenvalue weighted by atomic mass is 10.1. The summed E-state index contributed by atoms with van der Waals surface area (Å²) in [6, 6.07) is 3.35. The summed E-state index contributed by atoms with van der Waals surface area (Å²) in [5, 5.41) is 6.48. The lowest BCUT2D eigenvalue weighted by Gasteiger charge is -2.20. The zero-order valence-corrected chi connectivity index (χ0v) is 19.4. The van der Waals surface area contributed by atoms with Crippen LogP contribution in [-0.4, -0.2) is 46.0 Å². The molecule has 0 atom stereocenters. The van der Waals surface area contributed by atoms with Crippen LogP contribution in [0.25, 0.3) is 5.57 Å². The molecule has 1 aromatic carbocycles. The van der Waals surface area contributed by atoms with Crippen molar-refractivity contribution in [3.63, 3.8) is 0 Å². The number of halogens is 1. The molecule has 33 heavy (non-hydrogen) atoms. The molecule has 172 valence electrons. The zero-order valence-electron chi connectivity index (χ0n) is 17.8. The molecule has 0 saturated heterocycles. The molecule has 4 rings (SSSR count). The Balaban J connectivity index is 1.48. The number of nitrogens with zero attached hydrogens (tertiary/aromatic N) is 5. The molecule has 10 nitrogen and oxygen atoms in total. The molecule has 1 amide bonds. The van der Waals surface area contributed by atoms with Gasteiger partial charge in [0.25, 0.3) is 11.8 Å². The summed E-state index contributed by atoms with van der Waals surface area (Å²) >= 11 is 0.860. The zero-order chi connectivity index (χ0) is 23.8. The number of hydrogen-bond acceptors (Lipinski definition) is 10. The average Bonchev–Trinajstić information content (AvgIpc) is 3.43. The van der Waals surface area contributed by atoms with Crippen molar-refractivity contribution >= 4 is 44.6 Å². The summed E-state index contributed by atoms with van der Waals surface area (Å²) in [4.78, 5) is 18.4. The number of benzene rings is 1. The number of carbonyl (C=O) groups excluding carboxylic acids is 1. The van der Waals surface area contributed by atoms with E-state index in [1.165, 1.54) is 6.07 Å². The molecule has 1 aliphatic rings. The number of nitrogens with one attached hydrogen (secondary N) is 1. The largest absolute Gasteiger partial charge is 0.334 e. The number of carbonyl (C=O) groups is 1. The van der Waals surface area contributed by atoms with Crippen LogP contribution in [-0.2, 0) is 9.84 Å². The minimum Gasteiger partial charge on any atom is -0.334 e. The number of hydrogen-bond donors (Lipinski definition) is 1. The van der Waals surface area contributed by atoms with Crippen molar-refractivity contribution in [1.29, 1.82) is 0 Å². The van der Waals surface area contributed by atoms with Crippen molar-refractivity contribution < 1.29 is 22.1 Å². The Bertz CT molecular complexity index is 1380. The first kappa shape index (κ1) is 22.7. The van der Waals surface area contributed by atoms with E-state index in [-0.39, 0.29) is 17.3 Å². The second kappa shape index (κ2) is 8.83. The second-order valence-electron chi connectivity index (χ2n) is 7.55. The Labute approximate surface area is 193 Å². The van der Waals surface area contributed by atoms with Gasteiger partial charge in [0.05, 0.1) is 11.7 Å². The topological polar surface area (TPSA) is 131 Å². The van der Waals surface area contributed by atoms with E-state index in [0.717, 1.165) is 35.7 Å². The molecule has 0 unspecified atom stereocenters. The Morgan fingerprint density at radius 1 is 1.30 bits per heavy atom. The summed E-state index contributed by atoms with van der Waals surface area (Å²) < 4.78 is 50.8. The van der Waals surface area contributed by atoms with Gasteiger partial charge in [-0.05, 0) is 24.3 Å². The highest BCUT2D eigenvalue weighted by Crippen LogP contribution is 2.26. The SMILES string of the molecule is CC(C)c1noc(C2=CCN(c3nsnc3C(=O)Nc3ccc(S(C)(=O)=O)c(F)c3)C=C2)n1. The molecule has 13 heteroatoms. The van der Waals surface area contributed by atoms with Crippen LogP contribution in [0.5, 0.6) is 0 Å². The fourth-order valence-corrected chi connectivity index (χ4v) is 4.27. The number of rotatable bonds is 6. The molecule has 0 spiro atoms. The fourth-order valence-electron chi connectivity index (χ4n) is 2.98. The first-order valence-corrected chi connectivity index (χ1v) is 12.4. The summed E-state index contributed by atoms with van der Waals surface area (Å²) in [6.07, 6.45) is 6.26. The highest BCUT2D eigenvalue weighted by Gasteiger charge is 2.23. The predicted octanol–water partition coefficient (Wildman–Crippen LogP) is 3.26. The number of aromatic nitrogens is 4. The van der Waals surface area contributed by atoms with Crippen LogP contribution in [0.4, 0.5) is 15.9 Å². The highest BCUT2D eigenvalue weighted by atomic mass is 32.2. The molecule has 0 bridgehead atoms. The van der Waals surface area contributed by atoms with Crippen LogP contribution in [0, 0.1) is 5.82 Å². The van der Waals surface area contributed by atoms with Gasteiger partial charge in [0.1, 0.15) is 10.7 Å². The third-order valence-electron chi connectivity index (χ3n) is 4.69. The molecule has 3 heterocycles. The van der Waals surface area contributed by atoms with Crippen LogP contribution in [0.3, 0.4) is 0 Å². The maximum Gasteiger partial charge on any atom is 0.279 e. The van der Waals surface area contributed by atoms with E-state index >= 15 is 0 Å². The normalized spacial score (nSPS) is 14.0. The molecule has 1 N–H and O–H groups in total. The van der Waals surface area contributed by atoms with E-state index in [9.17, 15) is 17.6 Å². The van der Waals surface area contributed by atoms with E-state index in [0.29, 0.717) is 24.1 Å². The smallest absolute Gasteiger partial charge is 0.279 e. The van der Waals surface area contributed by atoms with Gasteiger partial charge < -0.3 is 14.7 Å². The van der Waals surface area contributed by atoms with Gasteiger partial charge in [-0.2, -0.15) is 13.7 Å². The predicted molar refractivity (Wildman–Crippen MR) is 120 cm³/mol. The fraction of sp³-hybridized carbons (Fsp3) is 0.250. The number of sulfone groups is 1. The maximum atomic E-state index is 14.1. The molecule has 1 aliphatic heterocycles. The van der Waals surface area contributed by atoms with E-state index in [1.54, 1.807) is 17.2 Å². The van der Waals surface area contributed by atoms with Crippen LogP contribution in [0.2, 0.25) is 0 Å². The monoisotopic (exact) mass is 490 g/mol. The summed E-state index contributed by atoms with van der Waals surface area (Å²) in [7, 11) is -3.71. The minimum absolute atomic E-state index is 0.0500. The molecule has 0 fully saturated rings. The molecule has 0 aliphatic carbocycles. The number of allylic oxidation sites excluding steroid dienone is 2. The first-order valence-electron chi connectivity index (χ1n) is 9.76. The lowest BCUT2D eigenvalue weighted by Crippen LogP contribution is -2.23. The summed E-state index contributed by atoms with van der Waals surface area (Å²) in [5.41, 5.74) is 0.896. The molecule has 0 radical (unpaired) electrons. The van der Waals surface area contributed by atoms with Crippen molar-refractivity contribution in [2.24, 2.45) is 0 Å². The van der Waals surface area contributed by atoms with Crippen LogP contribution >= 0.6 is 11.7 Å². The summed E-state index contributed by atoms with van der Waals surface area (Å²) in [5.74, 6) is -0.0675. The van der Waals surface area contributed by atoms with Gasteiger partial charge in [0, 0.05) is 36.2 Å². The summed E-state index contributed by atoms with van der Waals surface area (Å²) in [6.45, 7) is 4.32. The van der Waals surface area contributed by atoms with Crippen molar-refractivity contribution in [1.82, 2.24) is 18.9 Å². The van der Waals surface area contributed by atoms with E-state index in [2.05, 4.69) is 24.2 Å². The standard InChI is InChI=1S/C20H19FN6O4S2/c1-11(2)17-23-20(31-24-17)12-6-8-27(9-7-12)18-16(25-32-26-18)19(28)22-13-4-5-15(14(21)10-13)33(3,29)30/h4-8,10-11H,9H2,1-3H3,(H,22,28). The van der Waals surface area contributed by atoms with Crippen molar-refractivity contribution in [3.8, 4) is 0 Å². The second-order valence-corrected chi connectivity index (χ2v) is 10.1. The minimum atomic E-state index is -3.71. The van der Waals surface area contributed by atoms with Crippen LogP contribution < -0.4 is 10.2 Å². The molecule has 2 aromatic heterocycles. The van der Waals surface area contributed by atoms with Crippen molar-refractivity contribution in [3.05, 3.63) is 59.8 Å². The average molecular weight is 491 g/mol. The number of anilines is 2. The lowest BCUT2D eigenvalue weighted by molar-refractivity contribution is 0.102. The van der Waals surface area contributed by atoms with E-state index in [4.69, 9.17) is 4.52 Å². The maximum absolute atomic E-state index is 14.1. The van der Waals surface area contributed by atoms with E-state index < -0.39 is 26.5 Å². The molecule has 0 saturated carbocycles. The van der Waals surface area contributed by atoms with Crippen LogP contribution in [0.1, 0.15) is 42.0 Å². The third kappa shape index (κ3) is 4.83. The van der Waals surface area contributed by atoms with Crippen LogP contribution in [0.15, 0.2) is 46.0 Å². The van der Waals surface area contributed by atoms with Gasteiger partial charge in [-0.1, -0.05) is 25.1 Å². The number of amides is 1. The van der Waals surface area contributed by atoms with Gasteiger partial charge in [-0.15, -0.1) is 0 Å². The van der Waals surface area contributed by atoms with Crippen molar-refractivity contribution in [2.45, 2.75) is 24.7 Å². The van der Waals surface area contributed by atoms with E-state index in [1.807, 2.05) is 19.9 Å².